The second-order valence-electron chi connectivity index (χ2n) is 4.93. The van der Waals surface area contributed by atoms with Crippen LogP contribution in [0.5, 0.6) is 11.5 Å². The van der Waals surface area contributed by atoms with E-state index >= 15 is 0 Å². The van der Waals surface area contributed by atoms with E-state index in [1.165, 1.54) is 0 Å². The first-order chi connectivity index (χ1) is 11.6. The van der Waals surface area contributed by atoms with Gasteiger partial charge in [0.2, 0.25) is 0 Å². The number of urea groups is 1. The van der Waals surface area contributed by atoms with Gasteiger partial charge in [0.15, 0.2) is 11.5 Å². The Morgan fingerprint density at radius 1 is 1.04 bits per heavy atom. The van der Waals surface area contributed by atoms with Crippen molar-refractivity contribution in [2.24, 2.45) is 0 Å². The second kappa shape index (κ2) is 9.03. The topological polar surface area (TPSA) is 59.6 Å². The number of hydrogen-bond acceptors (Lipinski definition) is 3. The van der Waals surface area contributed by atoms with Crippen LogP contribution < -0.4 is 20.1 Å². The number of ether oxygens (including phenoxy) is 2. The van der Waals surface area contributed by atoms with Gasteiger partial charge in [0.25, 0.3) is 0 Å². The Balaban J connectivity index is 1.98. The van der Waals surface area contributed by atoms with E-state index < -0.39 is 0 Å². The minimum Gasteiger partial charge on any atom is -0.490 e. The molecular formula is C18H21ClN2O3. The van der Waals surface area contributed by atoms with Crippen molar-refractivity contribution in [3.8, 4) is 11.5 Å². The van der Waals surface area contributed by atoms with Crippen molar-refractivity contribution in [1.82, 2.24) is 5.32 Å². The summed E-state index contributed by atoms with van der Waals surface area (Å²) < 4.78 is 11.0. The first-order valence-corrected chi connectivity index (χ1v) is 8.19. The lowest BCUT2D eigenvalue weighted by molar-refractivity contribution is 0.251. The van der Waals surface area contributed by atoms with Gasteiger partial charge < -0.3 is 20.1 Å². The van der Waals surface area contributed by atoms with E-state index in [-0.39, 0.29) is 6.03 Å². The Bertz CT molecular complexity index is 692. The molecule has 2 aromatic carbocycles. The van der Waals surface area contributed by atoms with E-state index in [0.29, 0.717) is 42.0 Å². The molecule has 2 rings (SSSR count). The van der Waals surface area contributed by atoms with Crippen molar-refractivity contribution in [2.75, 3.05) is 18.5 Å². The molecule has 0 atom stereocenters. The molecule has 2 N–H and O–H groups in total. The zero-order valence-corrected chi connectivity index (χ0v) is 14.5. The molecule has 0 bridgehead atoms. The van der Waals surface area contributed by atoms with Crippen LogP contribution in [0.3, 0.4) is 0 Å². The number of amides is 2. The van der Waals surface area contributed by atoms with Crippen LogP contribution in [0.15, 0.2) is 42.5 Å². The highest BCUT2D eigenvalue weighted by atomic mass is 35.5. The van der Waals surface area contributed by atoms with E-state index in [1.807, 2.05) is 32.0 Å². The molecule has 0 unspecified atom stereocenters. The smallest absolute Gasteiger partial charge is 0.319 e. The van der Waals surface area contributed by atoms with Gasteiger partial charge in [0, 0.05) is 23.3 Å². The van der Waals surface area contributed by atoms with Gasteiger partial charge in [-0.1, -0.05) is 29.8 Å². The minimum atomic E-state index is -0.318. The van der Waals surface area contributed by atoms with E-state index in [9.17, 15) is 4.79 Å². The first kappa shape index (κ1) is 17.9. The van der Waals surface area contributed by atoms with Crippen LogP contribution in [-0.4, -0.2) is 19.2 Å². The van der Waals surface area contributed by atoms with Crippen LogP contribution >= 0.6 is 11.6 Å². The number of hydrogen-bond donors (Lipinski definition) is 2. The largest absolute Gasteiger partial charge is 0.490 e. The summed E-state index contributed by atoms with van der Waals surface area (Å²) in [5.41, 5.74) is 1.48. The normalized spacial score (nSPS) is 10.1. The zero-order chi connectivity index (χ0) is 17.4. The number of anilines is 1. The summed E-state index contributed by atoms with van der Waals surface area (Å²) in [4.78, 5) is 12.0. The van der Waals surface area contributed by atoms with Crippen LogP contribution in [0.1, 0.15) is 19.4 Å². The lowest BCUT2D eigenvalue weighted by atomic mass is 10.2. The van der Waals surface area contributed by atoms with E-state index in [1.54, 1.807) is 24.3 Å². The molecule has 0 aliphatic carbocycles. The molecule has 0 aliphatic rings. The van der Waals surface area contributed by atoms with Crippen LogP contribution in [0.25, 0.3) is 0 Å². The van der Waals surface area contributed by atoms with Crippen molar-refractivity contribution < 1.29 is 14.3 Å². The fraction of sp³-hybridized carbons (Fsp3) is 0.278. The predicted octanol–water partition coefficient (Wildman–Crippen LogP) is 4.46. The van der Waals surface area contributed by atoms with E-state index in [4.69, 9.17) is 21.1 Å². The quantitative estimate of drug-likeness (QED) is 0.776. The van der Waals surface area contributed by atoms with Gasteiger partial charge in [0.05, 0.1) is 13.2 Å². The Labute approximate surface area is 146 Å². The average molecular weight is 349 g/mol. The Kier molecular flexibility index (Phi) is 6.75. The summed E-state index contributed by atoms with van der Waals surface area (Å²) in [5.74, 6) is 1.25. The molecule has 0 radical (unpaired) electrons. The summed E-state index contributed by atoms with van der Waals surface area (Å²) in [6.45, 7) is 5.21. The third-order valence-electron chi connectivity index (χ3n) is 3.20. The highest BCUT2D eigenvalue weighted by Crippen LogP contribution is 2.30. The molecule has 5 nitrogen and oxygen atoms in total. The molecular weight excluding hydrogens is 328 g/mol. The highest BCUT2D eigenvalue weighted by Gasteiger charge is 2.09. The standard InChI is InChI=1S/C18H21ClN2O3/c1-3-23-16-10-9-14(11-17(16)24-4-2)21-18(22)20-12-13-7-5-6-8-15(13)19/h5-11H,3-4,12H2,1-2H3,(H2,20,21,22). The maximum atomic E-state index is 12.0. The Morgan fingerprint density at radius 3 is 2.46 bits per heavy atom. The molecule has 2 aromatic rings. The van der Waals surface area contributed by atoms with Crippen molar-refractivity contribution in [2.45, 2.75) is 20.4 Å². The summed E-state index contributed by atoms with van der Waals surface area (Å²) in [7, 11) is 0. The fourth-order valence-electron chi connectivity index (χ4n) is 2.12. The highest BCUT2D eigenvalue weighted by molar-refractivity contribution is 6.31. The van der Waals surface area contributed by atoms with Crippen LogP contribution in [0, 0.1) is 0 Å². The van der Waals surface area contributed by atoms with Crippen LogP contribution in [0.4, 0.5) is 10.5 Å². The minimum absolute atomic E-state index is 0.318. The summed E-state index contributed by atoms with van der Waals surface area (Å²) >= 11 is 6.07. The summed E-state index contributed by atoms with van der Waals surface area (Å²) in [5, 5.41) is 6.17. The maximum absolute atomic E-state index is 12.0. The molecule has 0 heterocycles. The number of nitrogens with one attached hydrogen (secondary N) is 2. The maximum Gasteiger partial charge on any atom is 0.319 e. The SMILES string of the molecule is CCOc1ccc(NC(=O)NCc2ccccc2Cl)cc1OCC. The van der Waals surface area contributed by atoms with Gasteiger partial charge in [-0.25, -0.2) is 4.79 Å². The van der Waals surface area contributed by atoms with Gasteiger partial charge in [0.1, 0.15) is 0 Å². The van der Waals surface area contributed by atoms with Gasteiger partial charge >= 0.3 is 6.03 Å². The first-order valence-electron chi connectivity index (χ1n) is 7.82. The number of rotatable bonds is 7. The lowest BCUT2D eigenvalue weighted by Gasteiger charge is -2.13. The third-order valence-corrected chi connectivity index (χ3v) is 3.57. The van der Waals surface area contributed by atoms with Gasteiger partial charge in [-0.15, -0.1) is 0 Å². The number of carbonyl (C=O) groups is 1. The van der Waals surface area contributed by atoms with Crippen molar-refractivity contribution in [3.63, 3.8) is 0 Å². The monoisotopic (exact) mass is 348 g/mol. The average Bonchev–Trinajstić information content (AvgIpc) is 2.57. The Morgan fingerprint density at radius 2 is 1.75 bits per heavy atom. The third kappa shape index (κ3) is 5.06. The molecule has 0 aliphatic heterocycles. The molecule has 128 valence electrons. The fourth-order valence-corrected chi connectivity index (χ4v) is 2.32. The van der Waals surface area contributed by atoms with Crippen molar-refractivity contribution in [3.05, 3.63) is 53.1 Å². The Hall–Kier alpha value is -2.40. The van der Waals surface area contributed by atoms with Crippen molar-refractivity contribution >= 4 is 23.3 Å². The molecule has 2 amide bonds. The lowest BCUT2D eigenvalue weighted by Crippen LogP contribution is -2.28. The molecule has 0 saturated heterocycles. The van der Waals surface area contributed by atoms with Gasteiger partial charge in [-0.3, -0.25) is 0 Å². The van der Waals surface area contributed by atoms with E-state index in [0.717, 1.165) is 5.56 Å². The molecule has 0 aromatic heterocycles. The van der Waals surface area contributed by atoms with Crippen molar-refractivity contribution in [1.29, 1.82) is 0 Å². The summed E-state index contributed by atoms with van der Waals surface area (Å²) in [6, 6.07) is 12.3. The molecule has 6 heteroatoms. The van der Waals surface area contributed by atoms with Gasteiger partial charge in [-0.05, 0) is 37.6 Å². The predicted molar refractivity (Wildman–Crippen MR) is 96.1 cm³/mol. The number of carbonyl (C=O) groups excluding carboxylic acids is 1. The molecule has 0 fully saturated rings. The number of benzene rings is 2. The molecule has 0 spiro atoms. The second-order valence-corrected chi connectivity index (χ2v) is 5.33. The van der Waals surface area contributed by atoms with Gasteiger partial charge in [-0.2, -0.15) is 0 Å². The van der Waals surface area contributed by atoms with Crippen LogP contribution in [0.2, 0.25) is 5.02 Å². The molecule has 24 heavy (non-hydrogen) atoms. The number of halogens is 1. The molecule has 0 saturated carbocycles. The van der Waals surface area contributed by atoms with Crippen LogP contribution in [-0.2, 0) is 6.54 Å². The zero-order valence-electron chi connectivity index (χ0n) is 13.8. The summed E-state index contributed by atoms with van der Waals surface area (Å²) in [6.07, 6.45) is 0. The van der Waals surface area contributed by atoms with E-state index in [2.05, 4.69) is 10.6 Å².